The summed E-state index contributed by atoms with van der Waals surface area (Å²) in [6.07, 6.45) is 3.38. The van der Waals surface area contributed by atoms with E-state index in [2.05, 4.69) is 0 Å². The van der Waals surface area contributed by atoms with E-state index in [0.717, 1.165) is 19.1 Å². The third kappa shape index (κ3) is 1.77. The Morgan fingerprint density at radius 3 is 2.44 bits per heavy atom. The van der Waals surface area contributed by atoms with Gasteiger partial charge in [-0.2, -0.15) is 0 Å². The molecule has 88 valence electrons. The molecule has 4 heteroatoms. The first kappa shape index (κ1) is 11.3. The van der Waals surface area contributed by atoms with E-state index in [0.29, 0.717) is 24.9 Å². The lowest BCUT2D eigenvalue weighted by atomic mass is 9.54. The van der Waals surface area contributed by atoms with Crippen LogP contribution in [0.3, 0.4) is 0 Å². The third-order valence-electron chi connectivity index (χ3n) is 3.95. The first-order chi connectivity index (χ1) is 7.67. The predicted molar refractivity (Wildman–Crippen MR) is 58.2 cm³/mol. The number of rotatable bonds is 4. The van der Waals surface area contributed by atoms with Crippen LogP contribution in [0.4, 0.5) is 0 Å². The van der Waals surface area contributed by atoms with E-state index in [-0.39, 0.29) is 23.6 Å². The summed E-state index contributed by atoms with van der Waals surface area (Å²) in [6, 6.07) is 0. The van der Waals surface area contributed by atoms with Crippen LogP contribution in [-0.2, 0) is 14.3 Å². The van der Waals surface area contributed by atoms with E-state index in [1.807, 2.05) is 0 Å². The Hall–Kier alpha value is -1.19. The van der Waals surface area contributed by atoms with E-state index in [1.165, 1.54) is 0 Å². The van der Waals surface area contributed by atoms with Gasteiger partial charge >= 0.3 is 5.97 Å². The summed E-state index contributed by atoms with van der Waals surface area (Å²) in [5.41, 5.74) is 0. The van der Waals surface area contributed by atoms with Gasteiger partial charge in [0.25, 0.3) is 0 Å². The van der Waals surface area contributed by atoms with Crippen LogP contribution in [0, 0.1) is 29.1 Å². The molecule has 0 spiro atoms. The SMILES string of the molecule is CCOC(=O)C1CC(C(=O)C=N)[C@H]2C[C@@H]1C2. The number of carbonyl (C=O) groups is 2. The molecule has 2 atom stereocenters. The quantitative estimate of drug-likeness (QED) is 0.579. The first-order valence-corrected chi connectivity index (χ1v) is 5.88. The molecule has 3 saturated carbocycles. The van der Waals surface area contributed by atoms with Gasteiger partial charge in [0.15, 0.2) is 5.78 Å². The molecule has 16 heavy (non-hydrogen) atoms. The summed E-state index contributed by atoms with van der Waals surface area (Å²) in [4.78, 5) is 23.2. The van der Waals surface area contributed by atoms with Crippen molar-refractivity contribution in [1.29, 1.82) is 5.41 Å². The minimum absolute atomic E-state index is 0.112. The Labute approximate surface area is 94.9 Å². The average molecular weight is 223 g/mol. The van der Waals surface area contributed by atoms with Crippen LogP contribution in [0.25, 0.3) is 0 Å². The Kier molecular flexibility index (Phi) is 3.08. The van der Waals surface area contributed by atoms with Gasteiger partial charge in [-0.05, 0) is 38.0 Å². The molecule has 3 fully saturated rings. The number of ether oxygens (including phenoxy) is 1. The number of nitrogens with one attached hydrogen (secondary N) is 1. The van der Waals surface area contributed by atoms with Crippen molar-refractivity contribution in [2.45, 2.75) is 26.2 Å². The van der Waals surface area contributed by atoms with E-state index < -0.39 is 0 Å². The second-order valence-corrected chi connectivity index (χ2v) is 4.74. The van der Waals surface area contributed by atoms with Gasteiger partial charge in [0.1, 0.15) is 0 Å². The number of esters is 1. The number of ketones is 1. The van der Waals surface area contributed by atoms with Gasteiger partial charge in [0.2, 0.25) is 0 Å². The average Bonchev–Trinajstić information content (AvgIpc) is 2.26. The largest absolute Gasteiger partial charge is 0.466 e. The highest BCUT2D eigenvalue weighted by Gasteiger charge is 2.50. The summed E-state index contributed by atoms with van der Waals surface area (Å²) in [5.74, 6) is 0.310. The summed E-state index contributed by atoms with van der Waals surface area (Å²) in [7, 11) is 0. The Morgan fingerprint density at radius 1 is 1.25 bits per heavy atom. The van der Waals surface area contributed by atoms with E-state index in [9.17, 15) is 9.59 Å². The topological polar surface area (TPSA) is 67.2 Å². The van der Waals surface area contributed by atoms with Crippen molar-refractivity contribution >= 4 is 18.0 Å². The molecule has 0 aromatic carbocycles. The van der Waals surface area contributed by atoms with Gasteiger partial charge in [0.05, 0.1) is 18.7 Å². The second kappa shape index (κ2) is 4.36. The molecule has 4 nitrogen and oxygen atoms in total. The molecule has 0 heterocycles. The lowest BCUT2D eigenvalue weighted by Gasteiger charge is -2.49. The van der Waals surface area contributed by atoms with E-state index >= 15 is 0 Å². The van der Waals surface area contributed by atoms with Gasteiger partial charge in [-0.25, -0.2) is 0 Å². The van der Waals surface area contributed by atoms with Crippen molar-refractivity contribution in [2.75, 3.05) is 6.61 Å². The molecule has 1 N–H and O–H groups in total. The second-order valence-electron chi connectivity index (χ2n) is 4.74. The zero-order valence-corrected chi connectivity index (χ0v) is 9.44. The number of hydrogen-bond donors (Lipinski definition) is 1. The van der Waals surface area contributed by atoms with Crippen molar-refractivity contribution < 1.29 is 14.3 Å². The molecule has 0 aromatic rings. The molecule has 3 aliphatic rings. The Morgan fingerprint density at radius 2 is 1.88 bits per heavy atom. The van der Waals surface area contributed by atoms with Gasteiger partial charge in [0, 0.05) is 5.92 Å². The summed E-state index contributed by atoms with van der Waals surface area (Å²) in [5, 5.41) is 7.02. The van der Waals surface area contributed by atoms with Crippen LogP contribution in [0.1, 0.15) is 26.2 Å². The molecule has 0 aromatic heterocycles. The molecule has 3 aliphatic carbocycles. The zero-order chi connectivity index (χ0) is 11.7. The lowest BCUT2D eigenvalue weighted by Crippen LogP contribution is -2.48. The first-order valence-electron chi connectivity index (χ1n) is 5.88. The lowest BCUT2D eigenvalue weighted by molar-refractivity contribution is -0.159. The number of Topliss-reactive ketones (excluding diaryl/α,β-unsaturated/α-hetero) is 1. The van der Waals surface area contributed by atoms with Gasteiger partial charge in [-0.1, -0.05) is 0 Å². The molecule has 0 amide bonds. The highest BCUT2D eigenvalue weighted by molar-refractivity contribution is 6.27. The minimum atomic E-state index is -0.159. The Bertz CT molecular complexity index is 320. The Balaban J connectivity index is 2.03. The fraction of sp³-hybridized carbons (Fsp3) is 0.750. The molecule has 0 saturated heterocycles. The zero-order valence-electron chi connectivity index (χ0n) is 9.44. The van der Waals surface area contributed by atoms with Crippen LogP contribution in [-0.4, -0.2) is 24.6 Å². The van der Waals surface area contributed by atoms with Crippen molar-refractivity contribution in [3.63, 3.8) is 0 Å². The number of hydrogen-bond acceptors (Lipinski definition) is 4. The van der Waals surface area contributed by atoms with Crippen LogP contribution < -0.4 is 0 Å². The van der Waals surface area contributed by atoms with Crippen LogP contribution in [0.2, 0.25) is 0 Å². The minimum Gasteiger partial charge on any atom is -0.466 e. The molecule has 2 unspecified atom stereocenters. The van der Waals surface area contributed by atoms with Crippen LogP contribution in [0.15, 0.2) is 0 Å². The normalized spacial score (nSPS) is 36.1. The molecule has 0 radical (unpaired) electrons. The fourth-order valence-electron chi connectivity index (χ4n) is 3.02. The highest BCUT2D eigenvalue weighted by Crippen LogP contribution is 2.52. The summed E-state index contributed by atoms with van der Waals surface area (Å²) < 4.78 is 5.03. The fourth-order valence-corrected chi connectivity index (χ4v) is 3.02. The monoisotopic (exact) mass is 223 g/mol. The molecular weight excluding hydrogens is 206 g/mol. The maximum atomic E-state index is 11.7. The predicted octanol–water partition coefficient (Wildman–Crippen LogP) is 1.43. The van der Waals surface area contributed by atoms with Crippen LogP contribution in [0.5, 0.6) is 0 Å². The van der Waals surface area contributed by atoms with E-state index in [1.54, 1.807) is 6.92 Å². The van der Waals surface area contributed by atoms with Crippen molar-refractivity contribution in [1.82, 2.24) is 0 Å². The van der Waals surface area contributed by atoms with Crippen molar-refractivity contribution in [2.24, 2.45) is 23.7 Å². The molecule has 0 aliphatic heterocycles. The third-order valence-corrected chi connectivity index (χ3v) is 3.95. The maximum Gasteiger partial charge on any atom is 0.309 e. The maximum absolute atomic E-state index is 11.7. The van der Waals surface area contributed by atoms with Crippen molar-refractivity contribution in [3.05, 3.63) is 0 Å². The van der Waals surface area contributed by atoms with Gasteiger partial charge < -0.3 is 10.1 Å². The van der Waals surface area contributed by atoms with Crippen molar-refractivity contribution in [3.8, 4) is 0 Å². The smallest absolute Gasteiger partial charge is 0.309 e. The molecule has 3 rings (SSSR count). The highest BCUT2D eigenvalue weighted by atomic mass is 16.5. The molecule has 2 bridgehead atoms. The summed E-state index contributed by atoms with van der Waals surface area (Å²) >= 11 is 0. The number of fused-ring (bicyclic) bond motifs is 2. The van der Waals surface area contributed by atoms with E-state index in [4.69, 9.17) is 10.1 Å². The van der Waals surface area contributed by atoms with Gasteiger partial charge in [-0.15, -0.1) is 0 Å². The summed E-state index contributed by atoms with van der Waals surface area (Å²) in [6.45, 7) is 2.19. The standard InChI is InChI=1S/C12H17NO3/c1-2-16-12(15)10-5-9(11(14)6-13)7-3-8(10)4-7/h6-10,13H,2-5H2,1H3/t7-,8+,9?,10?. The molecular formula is C12H17NO3. The van der Waals surface area contributed by atoms with Crippen LogP contribution >= 0.6 is 0 Å². The van der Waals surface area contributed by atoms with Gasteiger partial charge in [-0.3, -0.25) is 9.59 Å². The number of carbonyl (C=O) groups excluding carboxylic acids is 2.